The number of rotatable bonds is 4. The third kappa shape index (κ3) is 4.49. The predicted molar refractivity (Wildman–Crippen MR) is 72.2 cm³/mol. The van der Waals surface area contributed by atoms with Gasteiger partial charge >= 0.3 is 5.97 Å². The van der Waals surface area contributed by atoms with E-state index in [-0.39, 0.29) is 24.1 Å². The van der Waals surface area contributed by atoms with Gasteiger partial charge in [-0.3, -0.25) is 4.79 Å². The highest BCUT2D eigenvalue weighted by molar-refractivity contribution is 5.65. The maximum Gasteiger partial charge on any atom is 0.302 e. The van der Waals surface area contributed by atoms with Gasteiger partial charge in [-0.05, 0) is 16.6 Å². The molecule has 0 saturated carbocycles. The molecule has 0 radical (unpaired) electrons. The van der Waals surface area contributed by atoms with Crippen molar-refractivity contribution in [3.8, 4) is 0 Å². The minimum Gasteiger partial charge on any atom is -0.463 e. The van der Waals surface area contributed by atoms with E-state index in [9.17, 15) is 4.79 Å². The normalized spacial score (nSPS) is 19.7. The van der Waals surface area contributed by atoms with Gasteiger partial charge in [0, 0.05) is 6.92 Å². The number of carbonyl (C=O) groups excluding carboxylic acids is 1. The molecule has 0 N–H and O–H groups in total. The molecule has 0 aromatic rings. The number of hydrogen-bond acceptors (Lipinski definition) is 3. The molecular weight excluding hydrogens is 228 g/mol. The van der Waals surface area contributed by atoms with Gasteiger partial charge in [-0.15, -0.1) is 0 Å². The summed E-state index contributed by atoms with van der Waals surface area (Å²) < 4.78 is 10.4. The Hall–Kier alpha value is -1.35. The van der Waals surface area contributed by atoms with Gasteiger partial charge in [-0.2, -0.15) is 0 Å². The van der Waals surface area contributed by atoms with Crippen molar-refractivity contribution in [3.63, 3.8) is 0 Å². The summed E-state index contributed by atoms with van der Waals surface area (Å²) in [7, 11) is 0. The molecule has 0 saturated heterocycles. The molecule has 1 aliphatic carbocycles. The molecule has 1 rings (SSSR count). The van der Waals surface area contributed by atoms with Gasteiger partial charge in [0.05, 0.1) is 6.61 Å². The Balaban J connectivity index is 2.45. The first-order chi connectivity index (χ1) is 8.30. The highest BCUT2D eigenvalue weighted by Crippen LogP contribution is 2.31. The smallest absolute Gasteiger partial charge is 0.302 e. The second-order valence-electron chi connectivity index (χ2n) is 5.42. The fraction of sp³-hybridized carbons (Fsp3) is 0.533. The van der Waals surface area contributed by atoms with Crippen LogP contribution in [-0.2, 0) is 14.3 Å². The van der Waals surface area contributed by atoms with Crippen LogP contribution >= 0.6 is 0 Å². The Morgan fingerprint density at radius 2 is 2.06 bits per heavy atom. The van der Waals surface area contributed by atoms with Crippen molar-refractivity contribution in [2.45, 2.75) is 33.8 Å². The van der Waals surface area contributed by atoms with Gasteiger partial charge in [-0.25, -0.2) is 0 Å². The molecule has 1 unspecified atom stereocenters. The van der Waals surface area contributed by atoms with E-state index < -0.39 is 0 Å². The zero-order chi connectivity index (χ0) is 13.8. The van der Waals surface area contributed by atoms with Crippen LogP contribution in [0.4, 0.5) is 0 Å². The quantitative estimate of drug-likeness (QED) is 0.568. The van der Waals surface area contributed by atoms with Gasteiger partial charge in [0.15, 0.2) is 0 Å². The van der Waals surface area contributed by atoms with Crippen molar-refractivity contribution in [2.75, 3.05) is 13.2 Å². The van der Waals surface area contributed by atoms with E-state index in [1.807, 2.05) is 6.08 Å². The second-order valence-corrected chi connectivity index (χ2v) is 5.42. The van der Waals surface area contributed by atoms with Crippen molar-refractivity contribution in [1.29, 1.82) is 0 Å². The zero-order valence-electron chi connectivity index (χ0n) is 11.7. The molecule has 18 heavy (non-hydrogen) atoms. The van der Waals surface area contributed by atoms with E-state index in [0.717, 1.165) is 5.57 Å². The topological polar surface area (TPSA) is 35.5 Å². The van der Waals surface area contributed by atoms with Gasteiger partial charge < -0.3 is 9.47 Å². The first kappa shape index (κ1) is 14.7. The van der Waals surface area contributed by atoms with Crippen molar-refractivity contribution in [2.24, 2.45) is 5.41 Å². The Labute approximate surface area is 109 Å². The maximum atomic E-state index is 10.6. The van der Waals surface area contributed by atoms with Crippen molar-refractivity contribution in [1.82, 2.24) is 0 Å². The van der Waals surface area contributed by atoms with Crippen molar-refractivity contribution in [3.05, 3.63) is 36.0 Å². The van der Waals surface area contributed by atoms with Crippen LogP contribution in [0.2, 0.25) is 0 Å². The Morgan fingerprint density at radius 3 is 2.56 bits per heavy atom. The van der Waals surface area contributed by atoms with Gasteiger partial charge in [0.1, 0.15) is 12.7 Å². The van der Waals surface area contributed by atoms with Crippen LogP contribution in [0.15, 0.2) is 36.0 Å². The number of allylic oxidation sites excluding steroid dienone is 2. The van der Waals surface area contributed by atoms with Crippen LogP contribution in [0.3, 0.4) is 0 Å². The van der Waals surface area contributed by atoms with Crippen LogP contribution in [-0.4, -0.2) is 25.3 Å². The fourth-order valence-corrected chi connectivity index (χ4v) is 1.63. The first-order valence-electron chi connectivity index (χ1n) is 6.15. The van der Waals surface area contributed by atoms with Crippen molar-refractivity contribution >= 4 is 5.97 Å². The number of esters is 1. The van der Waals surface area contributed by atoms with Crippen molar-refractivity contribution < 1.29 is 14.3 Å². The highest BCUT2D eigenvalue weighted by Gasteiger charge is 2.20. The predicted octanol–water partition coefficient (Wildman–Crippen LogP) is 3.03. The monoisotopic (exact) mass is 250 g/mol. The second kappa shape index (κ2) is 6.01. The molecule has 0 aromatic carbocycles. The van der Waals surface area contributed by atoms with Crippen LogP contribution in [0.1, 0.15) is 27.7 Å². The standard InChI is InChI=1S/C15H22O3/c1-11-10-13(15(3,4)5)6-7-14(11)18-9-8-17-12(2)16/h6-7,10,14H,1,8-9H2,2-5H3. The Morgan fingerprint density at radius 1 is 1.39 bits per heavy atom. The summed E-state index contributed by atoms with van der Waals surface area (Å²) in [5.41, 5.74) is 2.29. The van der Waals surface area contributed by atoms with E-state index in [1.165, 1.54) is 12.5 Å². The Kier molecular flexibility index (Phi) is 4.91. The van der Waals surface area contributed by atoms with E-state index >= 15 is 0 Å². The lowest BCUT2D eigenvalue weighted by Crippen LogP contribution is -2.20. The summed E-state index contributed by atoms with van der Waals surface area (Å²) in [6.07, 6.45) is 6.02. The van der Waals surface area contributed by atoms with Crippen LogP contribution in [0.5, 0.6) is 0 Å². The molecule has 100 valence electrons. The van der Waals surface area contributed by atoms with Gasteiger partial charge in [-0.1, -0.05) is 45.6 Å². The molecular formula is C15H22O3. The van der Waals surface area contributed by atoms with Crippen LogP contribution in [0.25, 0.3) is 0 Å². The molecule has 3 heteroatoms. The SMILES string of the molecule is C=C1C=C(C(C)(C)C)C=CC1OCCOC(C)=O. The molecule has 0 spiro atoms. The van der Waals surface area contributed by atoms with E-state index in [0.29, 0.717) is 6.61 Å². The Bertz CT molecular complexity index is 383. The molecule has 1 atom stereocenters. The minimum absolute atomic E-state index is 0.113. The lowest BCUT2D eigenvalue weighted by atomic mass is 9.82. The van der Waals surface area contributed by atoms with E-state index in [2.05, 4.69) is 39.5 Å². The van der Waals surface area contributed by atoms with Crippen LogP contribution < -0.4 is 0 Å². The molecule has 1 aliphatic rings. The molecule has 0 fully saturated rings. The fourth-order valence-electron chi connectivity index (χ4n) is 1.63. The van der Waals surface area contributed by atoms with Gasteiger partial charge in [0.25, 0.3) is 0 Å². The lowest BCUT2D eigenvalue weighted by Gasteiger charge is -2.26. The number of hydrogen-bond donors (Lipinski definition) is 0. The molecule has 0 heterocycles. The largest absolute Gasteiger partial charge is 0.463 e. The average molecular weight is 250 g/mol. The summed E-state index contributed by atoms with van der Waals surface area (Å²) in [6.45, 7) is 12.6. The molecule has 0 bridgehead atoms. The lowest BCUT2D eigenvalue weighted by molar-refractivity contribution is -0.142. The minimum atomic E-state index is -0.286. The van der Waals surface area contributed by atoms with E-state index in [1.54, 1.807) is 0 Å². The number of carbonyl (C=O) groups is 1. The maximum absolute atomic E-state index is 10.6. The summed E-state index contributed by atoms with van der Waals surface area (Å²) in [5.74, 6) is -0.286. The highest BCUT2D eigenvalue weighted by atomic mass is 16.6. The summed E-state index contributed by atoms with van der Waals surface area (Å²) in [6, 6.07) is 0. The van der Waals surface area contributed by atoms with Crippen LogP contribution in [0, 0.1) is 5.41 Å². The average Bonchev–Trinajstić information content (AvgIpc) is 2.24. The summed E-state index contributed by atoms with van der Waals surface area (Å²) >= 11 is 0. The summed E-state index contributed by atoms with van der Waals surface area (Å²) in [4.78, 5) is 10.6. The first-order valence-corrected chi connectivity index (χ1v) is 6.15. The third-order valence-corrected chi connectivity index (χ3v) is 2.71. The molecule has 0 aromatic heterocycles. The van der Waals surface area contributed by atoms with Gasteiger partial charge in [0.2, 0.25) is 0 Å². The number of ether oxygens (including phenoxy) is 2. The molecule has 0 aliphatic heterocycles. The third-order valence-electron chi connectivity index (χ3n) is 2.71. The zero-order valence-corrected chi connectivity index (χ0v) is 11.7. The molecule has 0 amide bonds. The molecule has 3 nitrogen and oxygen atoms in total. The van der Waals surface area contributed by atoms with E-state index in [4.69, 9.17) is 9.47 Å². The summed E-state index contributed by atoms with van der Waals surface area (Å²) in [5, 5.41) is 0.